The van der Waals surface area contributed by atoms with Gasteiger partial charge in [0.25, 0.3) is 5.91 Å². The van der Waals surface area contributed by atoms with Gasteiger partial charge in [0.2, 0.25) is 0 Å². The number of carbonyl (C=O) groups is 1. The van der Waals surface area contributed by atoms with E-state index < -0.39 is 0 Å². The van der Waals surface area contributed by atoms with Gasteiger partial charge in [-0.05, 0) is 55.0 Å². The molecule has 1 aromatic carbocycles. The Balaban J connectivity index is 2.15. The lowest BCUT2D eigenvalue weighted by Crippen LogP contribution is -2.41. The number of rotatable bonds is 4. The van der Waals surface area contributed by atoms with E-state index in [1.165, 1.54) is 6.42 Å². The van der Waals surface area contributed by atoms with E-state index in [0.29, 0.717) is 5.92 Å². The largest absolute Gasteiger partial charge is 0.497 e. The highest BCUT2D eigenvalue weighted by Crippen LogP contribution is 2.24. The highest BCUT2D eigenvalue weighted by molar-refractivity contribution is 6.02. The Morgan fingerprint density at radius 2 is 2.13 bits per heavy atom. The number of hydrogen-bond donors (Lipinski definition) is 1. The number of nitriles is 1. The van der Waals surface area contributed by atoms with Gasteiger partial charge in [-0.3, -0.25) is 4.79 Å². The van der Waals surface area contributed by atoms with E-state index >= 15 is 0 Å². The van der Waals surface area contributed by atoms with Crippen LogP contribution in [-0.4, -0.2) is 19.1 Å². The van der Waals surface area contributed by atoms with Crippen molar-refractivity contribution < 1.29 is 9.53 Å². The highest BCUT2D eigenvalue weighted by atomic mass is 16.5. The van der Waals surface area contributed by atoms with Crippen LogP contribution in [0.25, 0.3) is 6.08 Å². The average molecular weight is 312 g/mol. The van der Waals surface area contributed by atoms with E-state index in [1.54, 1.807) is 13.2 Å². The maximum atomic E-state index is 12.4. The van der Waals surface area contributed by atoms with Gasteiger partial charge in [-0.1, -0.05) is 25.8 Å². The van der Waals surface area contributed by atoms with Gasteiger partial charge in [0.05, 0.1) is 7.11 Å². The van der Waals surface area contributed by atoms with Gasteiger partial charge in [0.1, 0.15) is 17.4 Å². The van der Waals surface area contributed by atoms with E-state index in [1.807, 2.05) is 31.2 Å². The third kappa shape index (κ3) is 4.35. The molecule has 1 fully saturated rings. The molecular formula is C19H24N2O2. The molecule has 0 radical (unpaired) electrons. The summed E-state index contributed by atoms with van der Waals surface area (Å²) in [6.07, 6.45) is 6.14. The summed E-state index contributed by atoms with van der Waals surface area (Å²) in [5.74, 6) is 0.954. The fourth-order valence-corrected chi connectivity index (χ4v) is 3.02. The van der Waals surface area contributed by atoms with Crippen molar-refractivity contribution in [1.82, 2.24) is 5.32 Å². The van der Waals surface area contributed by atoms with E-state index in [0.717, 1.165) is 36.1 Å². The summed E-state index contributed by atoms with van der Waals surface area (Å²) in [7, 11) is 1.61. The lowest BCUT2D eigenvalue weighted by Gasteiger charge is -2.29. The molecule has 1 aliphatic rings. The van der Waals surface area contributed by atoms with Crippen molar-refractivity contribution in [3.8, 4) is 11.8 Å². The Hall–Kier alpha value is -2.28. The minimum absolute atomic E-state index is 0.149. The summed E-state index contributed by atoms with van der Waals surface area (Å²) in [6.45, 7) is 4.10. The molecule has 0 aromatic heterocycles. The molecule has 0 heterocycles. The molecule has 0 aliphatic heterocycles. The smallest absolute Gasteiger partial charge is 0.262 e. The minimum Gasteiger partial charge on any atom is -0.497 e. The fraction of sp³-hybridized carbons (Fsp3) is 0.474. The number of benzene rings is 1. The molecule has 1 aliphatic carbocycles. The topological polar surface area (TPSA) is 62.1 Å². The summed E-state index contributed by atoms with van der Waals surface area (Å²) in [6, 6.07) is 7.78. The van der Waals surface area contributed by atoms with Crippen LogP contribution >= 0.6 is 0 Å². The molecule has 1 amide bonds. The maximum Gasteiger partial charge on any atom is 0.262 e. The van der Waals surface area contributed by atoms with Gasteiger partial charge < -0.3 is 10.1 Å². The second-order valence-electron chi connectivity index (χ2n) is 6.23. The van der Waals surface area contributed by atoms with Gasteiger partial charge in [0.15, 0.2) is 0 Å². The average Bonchev–Trinajstić information content (AvgIpc) is 2.55. The molecule has 0 unspecified atom stereocenters. The first-order chi connectivity index (χ1) is 11.0. The molecule has 0 bridgehead atoms. The Labute approximate surface area is 138 Å². The lowest BCUT2D eigenvalue weighted by molar-refractivity contribution is -0.118. The van der Waals surface area contributed by atoms with Crippen molar-refractivity contribution >= 4 is 12.0 Å². The number of nitrogens with one attached hydrogen (secondary N) is 1. The van der Waals surface area contributed by atoms with Crippen LogP contribution in [0.1, 0.15) is 43.7 Å². The van der Waals surface area contributed by atoms with Crippen LogP contribution < -0.4 is 10.1 Å². The Kier molecular flexibility index (Phi) is 5.81. The highest BCUT2D eigenvalue weighted by Gasteiger charge is 2.24. The number of aryl methyl sites for hydroxylation is 1. The molecule has 122 valence electrons. The van der Waals surface area contributed by atoms with Crippen LogP contribution in [-0.2, 0) is 4.79 Å². The number of methoxy groups -OCH3 is 1. The predicted molar refractivity (Wildman–Crippen MR) is 90.9 cm³/mol. The molecule has 1 N–H and O–H groups in total. The number of ether oxygens (including phenoxy) is 1. The summed E-state index contributed by atoms with van der Waals surface area (Å²) < 4.78 is 5.18. The van der Waals surface area contributed by atoms with Crippen LogP contribution in [0.2, 0.25) is 0 Å². The molecule has 4 nitrogen and oxygen atoms in total. The summed E-state index contributed by atoms with van der Waals surface area (Å²) in [5.41, 5.74) is 1.97. The monoisotopic (exact) mass is 312 g/mol. The van der Waals surface area contributed by atoms with E-state index in [4.69, 9.17) is 4.74 Å². The molecule has 2 rings (SSSR count). The summed E-state index contributed by atoms with van der Waals surface area (Å²) in [4.78, 5) is 12.4. The molecule has 4 heteroatoms. The second kappa shape index (κ2) is 7.82. The normalized spacial score (nSPS) is 21.4. The first-order valence-corrected chi connectivity index (χ1v) is 8.12. The van der Waals surface area contributed by atoms with Gasteiger partial charge in [-0.2, -0.15) is 5.26 Å². The van der Waals surface area contributed by atoms with E-state index in [2.05, 4.69) is 12.2 Å². The Morgan fingerprint density at radius 3 is 2.74 bits per heavy atom. The minimum atomic E-state index is -0.276. The summed E-state index contributed by atoms with van der Waals surface area (Å²) >= 11 is 0. The third-order valence-electron chi connectivity index (χ3n) is 4.57. The molecule has 23 heavy (non-hydrogen) atoms. The van der Waals surface area contributed by atoms with Crippen LogP contribution in [0.3, 0.4) is 0 Å². The molecule has 1 saturated carbocycles. The molecule has 1 aromatic rings. The van der Waals surface area contributed by atoms with Crippen molar-refractivity contribution in [2.45, 2.75) is 45.6 Å². The SMILES string of the molecule is COc1ccc(/C=C(\C#N)C(=O)N[C@@H]2CCCC[C@@H]2C)c(C)c1. The maximum absolute atomic E-state index is 12.4. The van der Waals surface area contributed by atoms with E-state index in [9.17, 15) is 10.1 Å². The zero-order chi connectivity index (χ0) is 16.8. The fourth-order valence-electron chi connectivity index (χ4n) is 3.02. The summed E-state index contributed by atoms with van der Waals surface area (Å²) in [5, 5.41) is 12.4. The van der Waals surface area contributed by atoms with Crippen molar-refractivity contribution in [2.75, 3.05) is 7.11 Å². The molecular weight excluding hydrogens is 288 g/mol. The quantitative estimate of drug-likeness (QED) is 0.682. The molecule has 2 atom stereocenters. The van der Waals surface area contributed by atoms with Gasteiger partial charge in [-0.25, -0.2) is 0 Å². The van der Waals surface area contributed by atoms with Crippen molar-refractivity contribution in [3.05, 3.63) is 34.9 Å². The standard InChI is InChI=1S/C19H24N2O2/c1-13-6-4-5-7-18(13)21-19(22)16(12-20)11-15-8-9-17(23-3)10-14(15)2/h8-11,13,18H,4-7H2,1-3H3,(H,21,22)/b16-11+/t13-,18+/m0/s1. The van der Waals surface area contributed by atoms with Gasteiger partial charge >= 0.3 is 0 Å². The number of amides is 1. The predicted octanol–water partition coefficient (Wildman–Crippen LogP) is 3.61. The number of carbonyl (C=O) groups excluding carboxylic acids is 1. The zero-order valence-electron chi connectivity index (χ0n) is 14.1. The molecule has 0 spiro atoms. The van der Waals surface area contributed by atoms with Crippen LogP contribution in [0.4, 0.5) is 0 Å². The number of hydrogen-bond acceptors (Lipinski definition) is 3. The van der Waals surface area contributed by atoms with Crippen LogP contribution in [0.15, 0.2) is 23.8 Å². The Bertz CT molecular complexity index is 643. The van der Waals surface area contributed by atoms with Crippen molar-refractivity contribution in [3.63, 3.8) is 0 Å². The molecule has 0 saturated heterocycles. The second-order valence-corrected chi connectivity index (χ2v) is 6.23. The Morgan fingerprint density at radius 1 is 1.39 bits per heavy atom. The van der Waals surface area contributed by atoms with Gasteiger partial charge in [0, 0.05) is 6.04 Å². The van der Waals surface area contributed by atoms with Gasteiger partial charge in [-0.15, -0.1) is 0 Å². The first-order valence-electron chi connectivity index (χ1n) is 8.12. The van der Waals surface area contributed by atoms with E-state index in [-0.39, 0.29) is 17.5 Å². The number of nitrogens with zero attached hydrogens (tertiary/aromatic N) is 1. The van der Waals surface area contributed by atoms with Crippen molar-refractivity contribution in [2.24, 2.45) is 5.92 Å². The van der Waals surface area contributed by atoms with Crippen LogP contribution in [0.5, 0.6) is 5.75 Å². The zero-order valence-corrected chi connectivity index (χ0v) is 14.1. The lowest BCUT2D eigenvalue weighted by atomic mass is 9.86. The third-order valence-corrected chi connectivity index (χ3v) is 4.57. The first kappa shape index (κ1) is 17.1. The van der Waals surface area contributed by atoms with Crippen LogP contribution in [0, 0.1) is 24.2 Å². The van der Waals surface area contributed by atoms with Crippen molar-refractivity contribution in [1.29, 1.82) is 5.26 Å².